The minimum absolute atomic E-state index is 0.318. The maximum Gasteiger partial charge on any atom is 0.250 e. The molecule has 3 aliphatic rings. The van der Waals surface area contributed by atoms with Crippen LogP contribution in [0.4, 0.5) is 0 Å². The number of fused-ring (bicyclic) bond motifs is 3. The predicted molar refractivity (Wildman–Crippen MR) is 117 cm³/mol. The molecule has 8 heteroatoms. The lowest BCUT2D eigenvalue weighted by Crippen LogP contribution is -2.58. The fraction of sp³-hybridized carbons (Fsp3) is 0.571. The summed E-state index contributed by atoms with van der Waals surface area (Å²) in [6.45, 7) is 4.79. The van der Waals surface area contributed by atoms with E-state index in [-0.39, 0.29) is 0 Å². The van der Waals surface area contributed by atoms with Crippen molar-refractivity contribution in [1.29, 1.82) is 0 Å². The smallest absolute Gasteiger partial charge is 0.250 e. The van der Waals surface area contributed by atoms with Crippen LogP contribution in [0.3, 0.4) is 0 Å². The topological polar surface area (TPSA) is 65.5 Å². The molecule has 0 spiro atoms. The molecule has 4 unspecified atom stereocenters. The maximum atomic E-state index is 12.4. The summed E-state index contributed by atoms with van der Waals surface area (Å²) in [6.07, 6.45) is 5.15. The molecule has 158 valence electrons. The average molecular weight is 435 g/mol. The number of hydrogen-bond acceptors (Lipinski definition) is 6. The van der Waals surface area contributed by atoms with E-state index in [1.54, 1.807) is 17.5 Å². The van der Waals surface area contributed by atoms with E-state index in [1.807, 2.05) is 18.3 Å². The summed E-state index contributed by atoms with van der Waals surface area (Å²) in [6, 6.07) is 9.85. The van der Waals surface area contributed by atoms with Gasteiger partial charge >= 0.3 is 0 Å². The average Bonchev–Trinajstić information content (AvgIpc) is 3.28. The van der Waals surface area contributed by atoms with Crippen LogP contribution in [0.5, 0.6) is 0 Å². The molecular weight excluding hydrogens is 404 g/mol. The van der Waals surface area contributed by atoms with E-state index in [2.05, 4.69) is 32.6 Å². The maximum absolute atomic E-state index is 12.4. The lowest BCUT2D eigenvalue weighted by Gasteiger charge is -2.50. The van der Waals surface area contributed by atoms with Crippen molar-refractivity contribution in [2.75, 3.05) is 39.8 Å². The van der Waals surface area contributed by atoms with Crippen LogP contribution in [-0.2, 0) is 16.4 Å². The van der Waals surface area contributed by atoms with Crippen molar-refractivity contribution >= 4 is 21.4 Å². The number of thiophene rings is 1. The van der Waals surface area contributed by atoms with Crippen molar-refractivity contribution in [3.8, 4) is 0 Å². The summed E-state index contributed by atoms with van der Waals surface area (Å²) in [5.74, 6) is 1.36. The quantitative estimate of drug-likeness (QED) is 0.656. The molecular formula is C21H30N4O2S2. The zero-order valence-corrected chi connectivity index (χ0v) is 18.5. The van der Waals surface area contributed by atoms with Crippen LogP contribution >= 0.6 is 11.3 Å². The Labute approximate surface area is 178 Å². The van der Waals surface area contributed by atoms with Crippen molar-refractivity contribution in [2.24, 2.45) is 11.8 Å². The number of aromatic nitrogens is 1. The summed E-state index contributed by atoms with van der Waals surface area (Å²) < 4.78 is 28.1. The van der Waals surface area contributed by atoms with Crippen LogP contribution < -0.4 is 4.72 Å². The number of sulfonamides is 1. The Hall–Kier alpha value is -1.32. The van der Waals surface area contributed by atoms with E-state index in [0.717, 1.165) is 44.7 Å². The molecule has 3 saturated heterocycles. The SMILES string of the molecule is CN(CCc1ccccn1)CC1CN2CCC1CC2CNS(=O)(=O)c1cccs1. The summed E-state index contributed by atoms with van der Waals surface area (Å²) in [5.41, 5.74) is 1.14. The fourth-order valence-electron chi connectivity index (χ4n) is 4.71. The Morgan fingerprint density at radius 2 is 2.21 bits per heavy atom. The van der Waals surface area contributed by atoms with Crippen LogP contribution in [0.15, 0.2) is 46.1 Å². The molecule has 2 aromatic rings. The van der Waals surface area contributed by atoms with Crippen molar-refractivity contribution in [3.63, 3.8) is 0 Å². The number of likely N-dealkylation sites (N-methyl/N-ethyl adjacent to an activating group) is 1. The number of rotatable bonds is 9. The number of piperidine rings is 3. The Morgan fingerprint density at radius 1 is 1.31 bits per heavy atom. The first-order valence-corrected chi connectivity index (χ1v) is 12.7. The number of hydrogen-bond donors (Lipinski definition) is 1. The highest BCUT2D eigenvalue weighted by molar-refractivity contribution is 7.91. The van der Waals surface area contributed by atoms with Crippen LogP contribution in [0, 0.1) is 11.8 Å². The van der Waals surface area contributed by atoms with E-state index in [9.17, 15) is 8.42 Å². The van der Waals surface area contributed by atoms with Crippen LogP contribution in [0.2, 0.25) is 0 Å². The summed E-state index contributed by atoms with van der Waals surface area (Å²) in [4.78, 5) is 9.33. The van der Waals surface area contributed by atoms with Gasteiger partial charge < -0.3 is 4.90 Å². The third-order valence-electron chi connectivity index (χ3n) is 6.30. The van der Waals surface area contributed by atoms with Gasteiger partial charge in [-0.1, -0.05) is 12.1 Å². The van der Waals surface area contributed by atoms with Crippen molar-refractivity contribution in [1.82, 2.24) is 19.5 Å². The molecule has 3 fully saturated rings. The van der Waals surface area contributed by atoms with Gasteiger partial charge in [-0.15, -0.1) is 11.3 Å². The summed E-state index contributed by atoms with van der Waals surface area (Å²) in [7, 11) is -1.17. The third-order valence-corrected chi connectivity index (χ3v) is 9.13. The van der Waals surface area contributed by atoms with Crippen LogP contribution in [-0.4, -0.2) is 69.0 Å². The summed E-state index contributed by atoms with van der Waals surface area (Å²) >= 11 is 1.27. The highest BCUT2D eigenvalue weighted by atomic mass is 32.2. The highest BCUT2D eigenvalue weighted by Crippen LogP contribution is 2.36. The van der Waals surface area contributed by atoms with Crippen molar-refractivity contribution in [3.05, 3.63) is 47.6 Å². The zero-order valence-electron chi connectivity index (χ0n) is 16.9. The lowest BCUT2D eigenvalue weighted by atomic mass is 9.75. The van der Waals surface area contributed by atoms with Gasteiger partial charge in [-0.2, -0.15) is 0 Å². The second-order valence-electron chi connectivity index (χ2n) is 8.31. The van der Waals surface area contributed by atoms with Crippen LogP contribution in [0.25, 0.3) is 0 Å². The minimum atomic E-state index is -3.37. The molecule has 0 saturated carbocycles. The molecule has 29 heavy (non-hydrogen) atoms. The Kier molecular flexibility index (Phi) is 6.66. The molecule has 6 nitrogen and oxygen atoms in total. The molecule has 0 aliphatic carbocycles. The third kappa shape index (κ3) is 5.24. The molecule has 0 amide bonds. The van der Waals surface area contributed by atoms with Gasteiger partial charge in [-0.3, -0.25) is 9.88 Å². The fourth-order valence-corrected chi connectivity index (χ4v) is 6.82. The first kappa shape index (κ1) is 20.9. The Balaban J connectivity index is 1.25. The Morgan fingerprint density at radius 3 is 2.90 bits per heavy atom. The lowest BCUT2D eigenvalue weighted by molar-refractivity contribution is -0.00735. The monoisotopic (exact) mass is 434 g/mol. The number of pyridine rings is 1. The molecule has 2 bridgehead atoms. The molecule has 0 radical (unpaired) electrons. The van der Waals surface area contributed by atoms with Gasteiger partial charge in [0.25, 0.3) is 0 Å². The second kappa shape index (κ2) is 9.22. The first-order chi connectivity index (χ1) is 14.0. The molecule has 0 aromatic carbocycles. The van der Waals surface area contributed by atoms with Gasteiger partial charge in [0.1, 0.15) is 4.21 Å². The second-order valence-corrected chi connectivity index (χ2v) is 11.3. The van der Waals surface area contributed by atoms with Crippen molar-refractivity contribution in [2.45, 2.75) is 29.5 Å². The van der Waals surface area contributed by atoms with E-state index in [0.29, 0.717) is 28.6 Å². The molecule has 5 heterocycles. The van der Waals surface area contributed by atoms with E-state index >= 15 is 0 Å². The van der Waals surface area contributed by atoms with Crippen molar-refractivity contribution < 1.29 is 8.42 Å². The van der Waals surface area contributed by atoms with Gasteiger partial charge in [0.15, 0.2) is 0 Å². The predicted octanol–water partition coefficient (Wildman–Crippen LogP) is 2.31. The standard InChI is InChI=1S/C21H30N4O2S2/c1-24(10-8-19-5-2-3-9-22-19)15-18-16-25-11-7-17(18)13-20(25)14-23-29(26,27)21-6-4-12-28-21/h2-6,9,12,17-18,20,23H,7-8,10-11,13-16H2,1H3. The summed E-state index contributed by atoms with van der Waals surface area (Å²) in [5, 5.41) is 1.80. The van der Waals surface area contributed by atoms with Gasteiger partial charge in [0.2, 0.25) is 10.0 Å². The van der Waals surface area contributed by atoms with Gasteiger partial charge in [-0.05, 0) is 61.8 Å². The van der Waals surface area contributed by atoms with E-state index < -0.39 is 10.0 Å². The van der Waals surface area contributed by atoms with Gasteiger partial charge in [0, 0.05) is 50.5 Å². The molecule has 3 aliphatic heterocycles. The number of nitrogens with one attached hydrogen (secondary N) is 1. The van der Waals surface area contributed by atoms with E-state index in [4.69, 9.17) is 0 Å². The minimum Gasteiger partial charge on any atom is -0.306 e. The molecule has 5 rings (SSSR count). The van der Waals surface area contributed by atoms with Gasteiger partial charge in [0.05, 0.1) is 0 Å². The van der Waals surface area contributed by atoms with E-state index in [1.165, 1.54) is 17.8 Å². The highest BCUT2D eigenvalue weighted by Gasteiger charge is 2.40. The molecule has 2 aromatic heterocycles. The zero-order chi connectivity index (χ0) is 20.3. The largest absolute Gasteiger partial charge is 0.306 e. The van der Waals surface area contributed by atoms with Gasteiger partial charge in [-0.25, -0.2) is 13.1 Å². The Bertz CT molecular complexity index is 873. The normalized spacial score (nSPS) is 26.8. The first-order valence-electron chi connectivity index (χ1n) is 10.4. The molecule has 4 atom stereocenters. The molecule has 1 N–H and O–H groups in total. The number of nitrogens with zero attached hydrogens (tertiary/aromatic N) is 3. The van der Waals surface area contributed by atoms with Crippen LogP contribution in [0.1, 0.15) is 18.5 Å².